The van der Waals surface area contributed by atoms with Crippen molar-refractivity contribution in [3.05, 3.63) is 36.9 Å². The fourth-order valence-electron chi connectivity index (χ4n) is 3.41. The van der Waals surface area contributed by atoms with Crippen LogP contribution in [0.5, 0.6) is 5.75 Å². The van der Waals surface area contributed by atoms with Crippen molar-refractivity contribution in [2.75, 3.05) is 5.75 Å². The minimum atomic E-state index is 0.0515. The van der Waals surface area contributed by atoms with E-state index < -0.39 is 0 Å². The summed E-state index contributed by atoms with van der Waals surface area (Å²) in [5, 5.41) is 12.4. The Morgan fingerprint density at radius 3 is 2.64 bits per heavy atom. The number of aromatic nitrogens is 3. The molecule has 0 aliphatic heterocycles. The number of carbonyl (C=O) groups excluding carboxylic acids is 1. The second-order valence-corrected chi connectivity index (χ2v) is 8.33. The summed E-state index contributed by atoms with van der Waals surface area (Å²) < 4.78 is 8.04. The van der Waals surface area contributed by atoms with Crippen molar-refractivity contribution in [1.82, 2.24) is 20.1 Å². The number of amides is 1. The lowest BCUT2D eigenvalue weighted by atomic mass is 10.2. The van der Waals surface area contributed by atoms with E-state index in [2.05, 4.69) is 22.1 Å². The first-order valence-electron chi connectivity index (χ1n) is 9.96. The maximum absolute atomic E-state index is 12.0. The van der Waals surface area contributed by atoms with Crippen molar-refractivity contribution in [2.45, 2.75) is 62.4 Å². The molecule has 28 heavy (non-hydrogen) atoms. The molecule has 1 heterocycles. The number of allylic oxidation sites excluding steroid dienone is 1. The van der Waals surface area contributed by atoms with Gasteiger partial charge in [0, 0.05) is 18.2 Å². The highest BCUT2D eigenvalue weighted by Crippen LogP contribution is 2.28. The van der Waals surface area contributed by atoms with Crippen molar-refractivity contribution in [3.63, 3.8) is 0 Å². The van der Waals surface area contributed by atoms with Gasteiger partial charge in [-0.2, -0.15) is 0 Å². The molecule has 0 saturated heterocycles. The molecular formula is C21H26N4O2S. The van der Waals surface area contributed by atoms with Gasteiger partial charge in [0.15, 0.2) is 11.0 Å². The molecular weight excluding hydrogens is 372 g/mol. The minimum absolute atomic E-state index is 0.0515. The third kappa shape index (κ3) is 4.76. The number of nitrogens with one attached hydrogen (secondary N) is 1. The van der Waals surface area contributed by atoms with Gasteiger partial charge in [-0.15, -0.1) is 16.8 Å². The molecule has 0 unspecified atom stereocenters. The zero-order chi connectivity index (χ0) is 19.3. The van der Waals surface area contributed by atoms with Crippen LogP contribution in [0.4, 0.5) is 0 Å². The first-order valence-corrected chi connectivity index (χ1v) is 10.9. The topological polar surface area (TPSA) is 69.0 Å². The molecule has 2 aromatic rings. The first kappa shape index (κ1) is 19.1. The highest BCUT2D eigenvalue weighted by atomic mass is 32.2. The molecule has 4 rings (SSSR count). The molecule has 1 aromatic carbocycles. The number of hydrogen-bond donors (Lipinski definition) is 1. The van der Waals surface area contributed by atoms with Gasteiger partial charge >= 0.3 is 0 Å². The Morgan fingerprint density at radius 2 is 1.96 bits per heavy atom. The Balaban J connectivity index is 1.44. The second kappa shape index (κ2) is 8.82. The second-order valence-electron chi connectivity index (χ2n) is 7.38. The smallest absolute Gasteiger partial charge is 0.230 e. The Kier molecular flexibility index (Phi) is 6.00. The number of hydrogen-bond acceptors (Lipinski definition) is 5. The zero-order valence-corrected chi connectivity index (χ0v) is 16.8. The average Bonchev–Trinajstić information content (AvgIpc) is 3.20. The Morgan fingerprint density at radius 1 is 1.21 bits per heavy atom. The molecule has 0 bridgehead atoms. The monoisotopic (exact) mass is 398 g/mol. The number of benzene rings is 1. The van der Waals surface area contributed by atoms with Gasteiger partial charge in [0.25, 0.3) is 0 Å². The van der Waals surface area contributed by atoms with Crippen molar-refractivity contribution in [3.8, 4) is 17.1 Å². The van der Waals surface area contributed by atoms with E-state index in [-0.39, 0.29) is 5.91 Å². The number of rotatable bonds is 9. The average molecular weight is 399 g/mol. The van der Waals surface area contributed by atoms with Crippen LogP contribution in [0.1, 0.15) is 38.5 Å². The summed E-state index contributed by atoms with van der Waals surface area (Å²) in [6, 6.07) is 8.40. The molecule has 2 aliphatic carbocycles. The molecule has 1 amide bonds. The van der Waals surface area contributed by atoms with Crippen LogP contribution in [-0.2, 0) is 11.3 Å². The van der Waals surface area contributed by atoms with Gasteiger partial charge in [-0.25, -0.2) is 0 Å². The predicted molar refractivity (Wildman–Crippen MR) is 110 cm³/mol. The number of nitrogens with zero attached hydrogens (tertiary/aromatic N) is 3. The van der Waals surface area contributed by atoms with Gasteiger partial charge < -0.3 is 10.1 Å². The fourth-order valence-corrected chi connectivity index (χ4v) is 4.17. The lowest BCUT2D eigenvalue weighted by Crippen LogP contribution is -2.27. The minimum Gasteiger partial charge on any atom is -0.490 e. The molecule has 0 spiro atoms. The number of ether oxygens (including phenoxy) is 1. The van der Waals surface area contributed by atoms with Crippen molar-refractivity contribution >= 4 is 17.7 Å². The van der Waals surface area contributed by atoms with Crippen LogP contribution in [0.2, 0.25) is 0 Å². The molecule has 6 nitrogen and oxygen atoms in total. The maximum atomic E-state index is 12.0. The van der Waals surface area contributed by atoms with Crippen LogP contribution in [-0.4, -0.2) is 38.6 Å². The highest BCUT2D eigenvalue weighted by Gasteiger charge is 2.23. The highest BCUT2D eigenvalue weighted by molar-refractivity contribution is 7.99. The first-order chi connectivity index (χ1) is 13.7. The van der Waals surface area contributed by atoms with Crippen molar-refractivity contribution in [1.29, 1.82) is 0 Å². The van der Waals surface area contributed by atoms with Crippen LogP contribution in [0.25, 0.3) is 11.4 Å². The summed E-state index contributed by atoms with van der Waals surface area (Å²) in [6.45, 7) is 4.43. The quantitative estimate of drug-likeness (QED) is 0.514. The number of carbonyl (C=O) groups is 1. The van der Waals surface area contributed by atoms with Gasteiger partial charge in [0.05, 0.1) is 11.9 Å². The van der Waals surface area contributed by atoms with Crippen LogP contribution in [0.3, 0.4) is 0 Å². The molecule has 0 atom stereocenters. The van der Waals surface area contributed by atoms with Crippen LogP contribution >= 0.6 is 11.8 Å². The van der Waals surface area contributed by atoms with Gasteiger partial charge in [0.2, 0.25) is 5.91 Å². The molecule has 2 aliphatic rings. The van der Waals surface area contributed by atoms with Crippen LogP contribution < -0.4 is 10.1 Å². The lowest BCUT2D eigenvalue weighted by Gasteiger charge is -2.13. The van der Waals surface area contributed by atoms with E-state index in [4.69, 9.17) is 4.74 Å². The SMILES string of the molecule is C=CCn1c(SCC(=O)NC2CC2)nnc1-c1ccc(OC2CCCC2)cc1. The third-order valence-electron chi connectivity index (χ3n) is 5.02. The van der Waals surface area contributed by atoms with Crippen molar-refractivity contribution < 1.29 is 9.53 Å². The van der Waals surface area contributed by atoms with E-state index in [9.17, 15) is 4.79 Å². The van der Waals surface area contributed by atoms with E-state index in [1.807, 2.05) is 34.9 Å². The van der Waals surface area contributed by atoms with Crippen LogP contribution in [0.15, 0.2) is 42.1 Å². The van der Waals surface area contributed by atoms with Gasteiger partial charge in [0.1, 0.15) is 5.75 Å². The summed E-state index contributed by atoms with van der Waals surface area (Å²) in [5.74, 6) is 2.07. The molecule has 1 aromatic heterocycles. The van der Waals surface area contributed by atoms with Gasteiger partial charge in [-0.3, -0.25) is 9.36 Å². The summed E-state index contributed by atoms with van der Waals surface area (Å²) >= 11 is 1.41. The third-order valence-corrected chi connectivity index (χ3v) is 5.99. The lowest BCUT2D eigenvalue weighted by molar-refractivity contribution is -0.118. The van der Waals surface area contributed by atoms with Crippen LogP contribution in [0, 0.1) is 0 Å². The molecule has 2 fully saturated rings. The van der Waals surface area contributed by atoms with E-state index in [1.165, 1.54) is 24.6 Å². The van der Waals surface area contributed by atoms with Gasteiger partial charge in [-0.05, 0) is 62.8 Å². The van der Waals surface area contributed by atoms with E-state index in [0.717, 1.165) is 48.0 Å². The molecule has 7 heteroatoms. The fraction of sp³-hybridized carbons (Fsp3) is 0.476. The van der Waals surface area contributed by atoms with E-state index in [0.29, 0.717) is 24.4 Å². The normalized spacial score (nSPS) is 16.9. The van der Waals surface area contributed by atoms with Gasteiger partial charge in [-0.1, -0.05) is 17.8 Å². The molecule has 148 valence electrons. The molecule has 0 radical (unpaired) electrons. The summed E-state index contributed by atoms with van der Waals surface area (Å²) in [5.41, 5.74) is 0.974. The Labute approximate surface area is 169 Å². The van der Waals surface area contributed by atoms with E-state index in [1.54, 1.807) is 0 Å². The largest absolute Gasteiger partial charge is 0.490 e. The van der Waals surface area contributed by atoms with Crippen molar-refractivity contribution in [2.24, 2.45) is 0 Å². The molecule has 2 saturated carbocycles. The predicted octanol–water partition coefficient (Wildman–Crippen LogP) is 3.82. The number of thioether (sulfide) groups is 1. The Bertz CT molecular complexity index is 823. The molecule has 1 N–H and O–H groups in total. The maximum Gasteiger partial charge on any atom is 0.230 e. The summed E-state index contributed by atoms with van der Waals surface area (Å²) in [4.78, 5) is 12.0. The summed E-state index contributed by atoms with van der Waals surface area (Å²) in [7, 11) is 0. The summed E-state index contributed by atoms with van der Waals surface area (Å²) in [6.07, 6.45) is 9.15. The van der Waals surface area contributed by atoms with E-state index >= 15 is 0 Å². The zero-order valence-electron chi connectivity index (χ0n) is 16.0. The Hall–Kier alpha value is -2.28. The standard InChI is InChI=1S/C21H26N4O2S/c1-2-13-25-20(23-24-21(25)28-14-19(26)22-16-9-10-16)15-7-11-18(12-8-15)27-17-5-3-4-6-17/h2,7-8,11-12,16-17H,1,3-6,9-10,13-14H2,(H,22,26).